The first-order chi connectivity index (χ1) is 5.79. The van der Waals surface area contributed by atoms with Gasteiger partial charge in [0.1, 0.15) is 12.2 Å². The van der Waals surface area contributed by atoms with E-state index in [4.69, 9.17) is 5.73 Å². The Labute approximate surface area is 71.8 Å². The summed E-state index contributed by atoms with van der Waals surface area (Å²) in [6, 6.07) is 0.0891. The largest absolute Gasteiger partial charge is 0.321 e. The zero-order chi connectivity index (χ0) is 8.55. The summed E-state index contributed by atoms with van der Waals surface area (Å²) in [5.74, 6) is 1.55. The Morgan fingerprint density at radius 1 is 1.67 bits per heavy atom. The van der Waals surface area contributed by atoms with Crippen molar-refractivity contribution < 1.29 is 0 Å². The van der Waals surface area contributed by atoms with Gasteiger partial charge in [0.25, 0.3) is 0 Å². The van der Waals surface area contributed by atoms with Crippen molar-refractivity contribution in [2.24, 2.45) is 18.7 Å². The average molecular weight is 166 g/mol. The van der Waals surface area contributed by atoms with Gasteiger partial charge in [-0.2, -0.15) is 5.10 Å². The summed E-state index contributed by atoms with van der Waals surface area (Å²) < 4.78 is 1.77. The minimum atomic E-state index is 0.0891. The first-order valence-electron chi connectivity index (χ1n) is 4.38. The van der Waals surface area contributed by atoms with Crippen LogP contribution < -0.4 is 5.73 Å². The van der Waals surface area contributed by atoms with Crippen molar-refractivity contribution in [3.63, 3.8) is 0 Å². The summed E-state index contributed by atoms with van der Waals surface area (Å²) in [6.07, 6.45) is 5.37. The second-order valence-electron chi connectivity index (χ2n) is 3.46. The first kappa shape index (κ1) is 7.73. The van der Waals surface area contributed by atoms with Gasteiger partial charge in [-0.15, -0.1) is 0 Å². The van der Waals surface area contributed by atoms with Crippen molar-refractivity contribution >= 4 is 0 Å². The van der Waals surface area contributed by atoms with E-state index in [1.54, 1.807) is 11.0 Å². The van der Waals surface area contributed by atoms with Gasteiger partial charge in [0.2, 0.25) is 0 Å². The molecule has 2 rings (SSSR count). The number of nitrogens with zero attached hydrogens (tertiary/aromatic N) is 3. The lowest BCUT2D eigenvalue weighted by atomic mass is 9.80. The van der Waals surface area contributed by atoms with Crippen molar-refractivity contribution in [3.8, 4) is 0 Å². The summed E-state index contributed by atoms with van der Waals surface area (Å²) >= 11 is 0. The standard InChI is InChI=1S/C8H14N4/c1-12-8(10-5-11-12)7(9)6-3-2-4-6/h5-7H,2-4,9H2,1H3. The lowest BCUT2D eigenvalue weighted by Gasteiger charge is -2.30. The molecule has 4 nitrogen and oxygen atoms in total. The van der Waals surface area contributed by atoms with E-state index in [1.165, 1.54) is 19.3 Å². The van der Waals surface area contributed by atoms with Gasteiger partial charge in [-0.25, -0.2) is 4.98 Å². The highest BCUT2D eigenvalue weighted by molar-refractivity contribution is 4.97. The molecule has 1 unspecified atom stereocenters. The van der Waals surface area contributed by atoms with Crippen molar-refractivity contribution in [1.82, 2.24) is 14.8 Å². The van der Waals surface area contributed by atoms with Gasteiger partial charge in [0.05, 0.1) is 6.04 Å². The molecule has 1 aliphatic rings. The maximum Gasteiger partial charge on any atom is 0.143 e. The van der Waals surface area contributed by atoms with Crippen LogP contribution in [0, 0.1) is 5.92 Å². The summed E-state index contributed by atoms with van der Waals surface area (Å²) in [7, 11) is 1.89. The molecule has 0 radical (unpaired) electrons. The van der Waals surface area contributed by atoms with E-state index in [0.717, 1.165) is 5.82 Å². The first-order valence-corrected chi connectivity index (χ1v) is 4.38. The normalized spacial score (nSPS) is 20.5. The predicted octanol–water partition coefficient (Wildman–Crippen LogP) is 0.615. The quantitative estimate of drug-likeness (QED) is 0.700. The second kappa shape index (κ2) is 2.86. The maximum atomic E-state index is 6.02. The van der Waals surface area contributed by atoms with Crippen LogP contribution >= 0.6 is 0 Å². The average Bonchev–Trinajstić information content (AvgIpc) is 2.31. The van der Waals surface area contributed by atoms with E-state index >= 15 is 0 Å². The van der Waals surface area contributed by atoms with E-state index in [2.05, 4.69) is 10.1 Å². The summed E-state index contributed by atoms with van der Waals surface area (Å²) in [4.78, 5) is 4.15. The molecule has 1 aromatic heterocycles. The van der Waals surface area contributed by atoms with E-state index in [0.29, 0.717) is 5.92 Å². The van der Waals surface area contributed by atoms with E-state index in [1.807, 2.05) is 7.05 Å². The highest BCUT2D eigenvalue weighted by Gasteiger charge is 2.27. The molecule has 66 valence electrons. The fraction of sp³-hybridized carbons (Fsp3) is 0.750. The van der Waals surface area contributed by atoms with Gasteiger partial charge < -0.3 is 5.73 Å². The topological polar surface area (TPSA) is 56.7 Å². The molecule has 4 heteroatoms. The Morgan fingerprint density at radius 3 is 2.83 bits per heavy atom. The third-order valence-electron chi connectivity index (χ3n) is 2.70. The van der Waals surface area contributed by atoms with Gasteiger partial charge in [-0.3, -0.25) is 4.68 Å². The zero-order valence-electron chi connectivity index (χ0n) is 7.27. The van der Waals surface area contributed by atoms with E-state index in [-0.39, 0.29) is 6.04 Å². The SMILES string of the molecule is Cn1ncnc1C(N)C1CCC1. The molecule has 0 bridgehead atoms. The molecule has 1 atom stereocenters. The van der Waals surface area contributed by atoms with Gasteiger partial charge in [-0.1, -0.05) is 6.42 Å². The highest BCUT2D eigenvalue weighted by atomic mass is 15.3. The van der Waals surface area contributed by atoms with Gasteiger partial charge in [-0.05, 0) is 18.8 Å². The molecule has 0 aliphatic heterocycles. The molecule has 0 aromatic carbocycles. The number of hydrogen-bond acceptors (Lipinski definition) is 3. The lowest BCUT2D eigenvalue weighted by Crippen LogP contribution is -2.29. The molecule has 1 aliphatic carbocycles. The fourth-order valence-electron chi connectivity index (χ4n) is 1.62. The van der Waals surface area contributed by atoms with Gasteiger partial charge in [0.15, 0.2) is 0 Å². The third-order valence-corrected chi connectivity index (χ3v) is 2.70. The number of nitrogens with two attached hydrogens (primary N) is 1. The van der Waals surface area contributed by atoms with Crippen LogP contribution in [0.25, 0.3) is 0 Å². The van der Waals surface area contributed by atoms with Crippen molar-refractivity contribution in [2.75, 3.05) is 0 Å². The Bertz CT molecular complexity index is 264. The van der Waals surface area contributed by atoms with Crippen molar-refractivity contribution in [1.29, 1.82) is 0 Å². The van der Waals surface area contributed by atoms with Crippen LogP contribution in [0.15, 0.2) is 6.33 Å². The van der Waals surface area contributed by atoms with Crippen LogP contribution in [0.1, 0.15) is 31.1 Å². The summed E-state index contributed by atoms with van der Waals surface area (Å²) in [5, 5.41) is 4.00. The zero-order valence-corrected chi connectivity index (χ0v) is 7.27. The van der Waals surface area contributed by atoms with E-state index < -0.39 is 0 Å². The number of rotatable bonds is 2. The Kier molecular flexibility index (Phi) is 1.84. The minimum Gasteiger partial charge on any atom is -0.321 e. The number of aromatic nitrogens is 3. The van der Waals surface area contributed by atoms with E-state index in [9.17, 15) is 0 Å². The second-order valence-corrected chi connectivity index (χ2v) is 3.46. The Hall–Kier alpha value is -0.900. The monoisotopic (exact) mass is 166 g/mol. The molecule has 1 fully saturated rings. The van der Waals surface area contributed by atoms with Crippen LogP contribution in [-0.4, -0.2) is 14.8 Å². The molecular weight excluding hydrogens is 152 g/mol. The molecule has 12 heavy (non-hydrogen) atoms. The predicted molar refractivity (Wildman–Crippen MR) is 45.3 cm³/mol. The summed E-state index contributed by atoms with van der Waals surface area (Å²) in [6.45, 7) is 0. The molecule has 1 heterocycles. The molecular formula is C8H14N4. The maximum absolute atomic E-state index is 6.02. The molecule has 0 saturated heterocycles. The van der Waals surface area contributed by atoms with Crippen molar-refractivity contribution in [2.45, 2.75) is 25.3 Å². The van der Waals surface area contributed by atoms with Crippen LogP contribution in [0.3, 0.4) is 0 Å². The minimum absolute atomic E-state index is 0.0891. The lowest BCUT2D eigenvalue weighted by molar-refractivity contribution is 0.253. The summed E-state index contributed by atoms with van der Waals surface area (Å²) in [5.41, 5.74) is 6.02. The molecule has 1 saturated carbocycles. The molecule has 1 aromatic rings. The van der Waals surface area contributed by atoms with Crippen LogP contribution in [-0.2, 0) is 7.05 Å². The van der Waals surface area contributed by atoms with Crippen LogP contribution in [0.5, 0.6) is 0 Å². The number of hydrogen-bond donors (Lipinski definition) is 1. The molecule has 0 spiro atoms. The van der Waals surface area contributed by atoms with Crippen LogP contribution in [0.4, 0.5) is 0 Å². The Balaban J connectivity index is 2.13. The fourth-order valence-corrected chi connectivity index (χ4v) is 1.62. The third kappa shape index (κ3) is 1.12. The number of aryl methyl sites for hydroxylation is 1. The van der Waals surface area contributed by atoms with Crippen molar-refractivity contribution in [3.05, 3.63) is 12.2 Å². The van der Waals surface area contributed by atoms with Gasteiger partial charge >= 0.3 is 0 Å². The van der Waals surface area contributed by atoms with Gasteiger partial charge in [0, 0.05) is 7.05 Å². The molecule has 0 amide bonds. The Morgan fingerprint density at radius 2 is 2.42 bits per heavy atom. The molecule has 2 N–H and O–H groups in total. The van der Waals surface area contributed by atoms with Crippen LogP contribution in [0.2, 0.25) is 0 Å². The smallest absolute Gasteiger partial charge is 0.143 e. The highest BCUT2D eigenvalue weighted by Crippen LogP contribution is 2.34.